The standard InChI is InChI=1S/C17H11FN4O2S/c18-11-3-1-9(2-4-11)15-12(5-6-24-15)21-13-7-10-8-20-22-14(17(19)23)16(10)25-13/h1-8,21H,(H2,19,23). The van der Waals surface area contributed by atoms with Gasteiger partial charge in [-0.05, 0) is 30.3 Å². The third-order valence-corrected chi connectivity index (χ3v) is 4.67. The number of nitrogens with zero attached hydrogens (tertiary/aromatic N) is 2. The molecular formula is C17H11FN4O2S. The van der Waals surface area contributed by atoms with Gasteiger partial charge < -0.3 is 15.5 Å². The predicted octanol–water partition coefficient (Wildman–Crippen LogP) is 3.93. The quantitative estimate of drug-likeness (QED) is 0.579. The highest BCUT2D eigenvalue weighted by Crippen LogP contribution is 2.36. The molecule has 124 valence electrons. The number of benzene rings is 1. The number of primary amides is 1. The van der Waals surface area contributed by atoms with E-state index in [2.05, 4.69) is 15.5 Å². The van der Waals surface area contributed by atoms with E-state index in [1.165, 1.54) is 23.5 Å². The maximum absolute atomic E-state index is 13.1. The van der Waals surface area contributed by atoms with E-state index in [9.17, 15) is 9.18 Å². The molecule has 3 heterocycles. The van der Waals surface area contributed by atoms with E-state index in [-0.39, 0.29) is 11.5 Å². The number of nitrogens with one attached hydrogen (secondary N) is 1. The SMILES string of the molecule is NC(=O)c1nncc2cc(Nc3ccoc3-c3ccc(F)cc3)sc12. The van der Waals surface area contributed by atoms with Crippen LogP contribution in [0.25, 0.3) is 21.4 Å². The number of furan rings is 1. The van der Waals surface area contributed by atoms with Crippen LogP contribution in [0.3, 0.4) is 0 Å². The second-order valence-corrected chi connectivity index (χ2v) is 6.30. The summed E-state index contributed by atoms with van der Waals surface area (Å²) in [4.78, 5) is 11.5. The topological polar surface area (TPSA) is 94.0 Å². The van der Waals surface area contributed by atoms with Gasteiger partial charge in [-0.1, -0.05) is 0 Å². The summed E-state index contributed by atoms with van der Waals surface area (Å²) in [6, 6.07) is 9.65. The minimum Gasteiger partial charge on any atom is -0.462 e. The average Bonchev–Trinajstić information content (AvgIpc) is 3.21. The molecule has 1 aromatic carbocycles. The smallest absolute Gasteiger partial charge is 0.270 e. The number of halogens is 1. The van der Waals surface area contributed by atoms with Crippen molar-refractivity contribution in [3.8, 4) is 11.3 Å². The van der Waals surface area contributed by atoms with Crippen molar-refractivity contribution in [2.45, 2.75) is 0 Å². The summed E-state index contributed by atoms with van der Waals surface area (Å²) in [5.41, 5.74) is 6.95. The van der Waals surface area contributed by atoms with E-state index in [1.54, 1.807) is 30.7 Å². The number of nitrogens with two attached hydrogens (primary N) is 1. The zero-order valence-electron chi connectivity index (χ0n) is 12.7. The number of hydrogen-bond donors (Lipinski definition) is 2. The minimum absolute atomic E-state index is 0.140. The Morgan fingerprint density at radius 2 is 2.04 bits per heavy atom. The zero-order chi connectivity index (χ0) is 17.4. The molecule has 6 nitrogen and oxygen atoms in total. The Kier molecular flexibility index (Phi) is 3.66. The molecule has 8 heteroatoms. The third-order valence-electron chi connectivity index (χ3n) is 3.59. The van der Waals surface area contributed by atoms with Crippen molar-refractivity contribution >= 4 is 38.0 Å². The Bertz CT molecular complexity index is 1070. The normalized spacial score (nSPS) is 10.9. The van der Waals surface area contributed by atoms with Crippen LogP contribution in [-0.2, 0) is 0 Å². The first-order valence-electron chi connectivity index (χ1n) is 7.27. The summed E-state index contributed by atoms with van der Waals surface area (Å²) in [5, 5.41) is 12.4. The number of rotatable bonds is 4. The highest BCUT2D eigenvalue weighted by Gasteiger charge is 2.15. The molecular weight excluding hydrogens is 343 g/mol. The maximum atomic E-state index is 13.1. The summed E-state index contributed by atoms with van der Waals surface area (Å²) in [5.74, 6) is -0.348. The molecule has 0 fully saturated rings. The molecule has 0 aliphatic heterocycles. The number of hydrogen-bond acceptors (Lipinski definition) is 6. The van der Waals surface area contributed by atoms with Crippen LogP contribution in [0.15, 0.2) is 53.3 Å². The van der Waals surface area contributed by atoms with Gasteiger partial charge in [0.25, 0.3) is 5.91 Å². The van der Waals surface area contributed by atoms with Crippen molar-refractivity contribution in [2.24, 2.45) is 5.73 Å². The van der Waals surface area contributed by atoms with Crippen LogP contribution < -0.4 is 11.1 Å². The Morgan fingerprint density at radius 3 is 2.80 bits per heavy atom. The van der Waals surface area contributed by atoms with Gasteiger partial charge in [0, 0.05) is 17.0 Å². The first-order valence-corrected chi connectivity index (χ1v) is 8.09. The van der Waals surface area contributed by atoms with E-state index < -0.39 is 5.91 Å². The van der Waals surface area contributed by atoms with Gasteiger partial charge in [0.15, 0.2) is 11.5 Å². The van der Waals surface area contributed by atoms with Crippen molar-refractivity contribution in [3.63, 3.8) is 0 Å². The van der Waals surface area contributed by atoms with Gasteiger partial charge in [0.1, 0.15) is 5.82 Å². The molecule has 3 N–H and O–H groups in total. The van der Waals surface area contributed by atoms with Gasteiger partial charge in [-0.2, -0.15) is 5.10 Å². The van der Waals surface area contributed by atoms with Gasteiger partial charge in [-0.3, -0.25) is 4.79 Å². The molecule has 0 aliphatic carbocycles. The van der Waals surface area contributed by atoms with E-state index in [0.29, 0.717) is 10.5 Å². The monoisotopic (exact) mass is 354 g/mol. The lowest BCUT2D eigenvalue weighted by atomic mass is 10.1. The van der Waals surface area contributed by atoms with Crippen LogP contribution in [0.4, 0.5) is 15.1 Å². The Balaban J connectivity index is 1.71. The van der Waals surface area contributed by atoms with Gasteiger partial charge in [-0.15, -0.1) is 16.4 Å². The highest BCUT2D eigenvalue weighted by molar-refractivity contribution is 7.23. The van der Waals surface area contributed by atoms with Crippen molar-refractivity contribution in [3.05, 3.63) is 60.4 Å². The van der Waals surface area contributed by atoms with Crippen LogP contribution in [0.2, 0.25) is 0 Å². The molecule has 25 heavy (non-hydrogen) atoms. The molecule has 3 aromatic heterocycles. The molecule has 0 radical (unpaired) electrons. The van der Waals surface area contributed by atoms with E-state index >= 15 is 0 Å². The largest absolute Gasteiger partial charge is 0.462 e. The molecule has 0 aliphatic rings. The summed E-state index contributed by atoms with van der Waals surface area (Å²) >= 11 is 1.34. The van der Waals surface area contributed by atoms with Gasteiger partial charge in [0.2, 0.25) is 0 Å². The van der Waals surface area contributed by atoms with Gasteiger partial charge >= 0.3 is 0 Å². The molecule has 0 saturated carbocycles. The first kappa shape index (κ1) is 15.3. The molecule has 4 rings (SSSR count). The van der Waals surface area contributed by atoms with Gasteiger partial charge in [0.05, 0.1) is 27.8 Å². The van der Waals surface area contributed by atoms with Crippen LogP contribution in [0, 0.1) is 5.82 Å². The van der Waals surface area contributed by atoms with E-state index in [0.717, 1.165) is 21.6 Å². The Labute approximate surface area is 145 Å². The Hall–Kier alpha value is -3.26. The van der Waals surface area contributed by atoms with Crippen LogP contribution in [-0.4, -0.2) is 16.1 Å². The molecule has 0 atom stereocenters. The minimum atomic E-state index is -0.623. The number of anilines is 2. The lowest BCUT2D eigenvalue weighted by molar-refractivity contribution is 0.0996. The number of carbonyl (C=O) groups is 1. The lowest BCUT2D eigenvalue weighted by Gasteiger charge is -2.04. The van der Waals surface area contributed by atoms with Crippen molar-refractivity contribution in [1.29, 1.82) is 0 Å². The van der Waals surface area contributed by atoms with E-state index in [1.807, 2.05) is 6.07 Å². The van der Waals surface area contributed by atoms with Crippen molar-refractivity contribution < 1.29 is 13.6 Å². The molecule has 1 amide bonds. The van der Waals surface area contributed by atoms with E-state index in [4.69, 9.17) is 10.2 Å². The number of aromatic nitrogens is 2. The Morgan fingerprint density at radius 1 is 1.24 bits per heavy atom. The highest BCUT2D eigenvalue weighted by atomic mass is 32.1. The van der Waals surface area contributed by atoms with Crippen LogP contribution >= 0.6 is 11.3 Å². The number of thiophene rings is 1. The molecule has 0 spiro atoms. The molecule has 4 aromatic rings. The molecule has 0 saturated heterocycles. The fraction of sp³-hybridized carbons (Fsp3) is 0. The number of carbonyl (C=O) groups excluding carboxylic acids is 1. The summed E-state index contributed by atoms with van der Waals surface area (Å²) < 4.78 is 19.3. The van der Waals surface area contributed by atoms with Crippen molar-refractivity contribution in [2.75, 3.05) is 5.32 Å². The second kappa shape index (κ2) is 5.99. The van der Waals surface area contributed by atoms with Crippen LogP contribution in [0.5, 0.6) is 0 Å². The molecule has 0 bridgehead atoms. The number of fused-ring (bicyclic) bond motifs is 1. The third kappa shape index (κ3) is 2.83. The lowest BCUT2D eigenvalue weighted by Crippen LogP contribution is -2.13. The maximum Gasteiger partial charge on any atom is 0.270 e. The summed E-state index contributed by atoms with van der Waals surface area (Å²) in [6.45, 7) is 0. The fourth-order valence-corrected chi connectivity index (χ4v) is 3.50. The number of amides is 1. The fourth-order valence-electron chi connectivity index (χ4n) is 2.47. The second-order valence-electron chi connectivity index (χ2n) is 5.25. The first-order chi connectivity index (χ1) is 12.1. The average molecular weight is 354 g/mol. The summed E-state index contributed by atoms with van der Waals surface area (Å²) in [7, 11) is 0. The summed E-state index contributed by atoms with van der Waals surface area (Å²) in [6.07, 6.45) is 3.12. The van der Waals surface area contributed by atoms with Crippen molar-refractivity contribution in [1.82, 2.24) is 10.2 Å². The predicted molar refractivity (Wildman–Crippen MR) is 93.3 cm³/mol. The van der Waals surface area contributed by atoms with Crippen LogP contribution in [0.1, 0.15) is 10.5 Å². The molecule has 0 unspecified atom stereocenters. The zero-order valence-corrected chi connectivity index (χ0v) is 13.5. The van der Waals surface area contributed by atoms with Gasteiger partial charge in [-0.25, -0.2) is 4.39 Å².